The third kappa shape index (κ3) is 38.8. The van der Waals surface area contributed by atoms with Crippen LogP contribution < -0.4 is 0 Å². The molecular formula is C51H101NO5. The van der Waals surface area contributed by atoms with E-state index in [0.717, 1.165) is 116 Å². The molecule has 1 N–H and O–H groups in total. The minimum absolute atomic E-state index is 0.0356. The van der Waals surface area contributed by atoms with Gasteiger partial charge in [-0.15, -0.1) is 0 Å². The Morgan fingerprint density at radius 3 is 1.04 bits per heavy atom. The summed E-state index contributed by atoms with van der Waals surface area (Å²) >= 11 is 0. The molecule has 0 aliphatic rings. The molecule has 0 aromatic rings. The van der Waals surface area contributed by atoms with Crippen LogP contribution in [0.1, 0.15) is 279 Å². The van der Waals surface area contributed by atoms with E-state index in [1.807, 2.05) is 0 Å². The van der Waals surface area contributed by atoms with Crippen LogP contribution in [0.2, 0.25) is 0 Å². The smallest absolute Gasteiger partial charge is 0.305 e. The molecule has 0 bridgehead atoms. The fraction of sp³-hybridized carbons (Fsp3) is 0.961. The maximum Gasteiger partial charge on any atom is 0.305 e. The van der Waals surface area contributed by atoms with Gasteiger partial charge < -0.3 is 14.6 Å². The zero-order valence-electron chi connectivity index (χ0n) is 39.5. The van der Waals surface area contributed by atoms with Crippen molar-refractivity contribution in [3.63, 3.8) is 0 Å². The topological polar surface area (TPSA) is 76.1 Å². The largest absolute Gasteiger partial charge is 0.466 e. The minimum Gasteiger partial charge on any atom is -0.466 e. The Labute approximate surface area is 356 Å². The molecule has 0 atom stereocenters. The van der Waals surface area contributed by atoms with Gasteiger partial charge in [0.1, 0.15) is 0 Å². The van der Waals surface area contributed by atoms with Crippen LogP contribution in [0.15, 0.2) is 0 Å². The third-order valence-corrected chi connectivity index (χ3v) is 12.2. The first-order valence-electron chi connectivity index (χ1n) is 25.4. The van der Waals surface area contributed by atoms with Gasteiger partial charge in [-0.25, -0.2) is 0 Å². The van der Waals surface area contributed by atoms with Crippen molar-refractivity contribution in [1.29, 1.82) is 0 Å². The van der Waals surface area contributed by atoms with Gasteiger partial charge >= 0.3 is 11.9 Å². The van der Waals surface area contributed by atoms with Crippen molar-refractivity contribution in [2.75, 3.05) is 19.8 Å². The molecule has 0 aliphatic heterocycles. The molecular weight excluding hydrogens is 707 g/mol. The second-order valence-corrected chi connectivity index (χ2v) is 18.4. The summed E-state index contributed by atoms with van der Waals surface area (Å²) in [7, 11) is 0. The normalized spacial score (nSPS) is 12.0. The van der Waals surface area contributed by atoms with Gasteiger partial charge in [-0.2, -0.15) is 0 Å². The molecule has 340 valence electrons. The monoisotopic (exact) mass is 808 g/mol. The lowest BCUT2D eigenvalue weighted by Gasteiger charge is -2.32. The Morgan fingerprint density at radius 1 is 0.421 bits per heavy atom. The lowest BCUT2D eigenvalue weighted by Crippen LogP contribution is -2.38. The fourth-order valence-corrected chi connectivity index (χ4v) is 8.44. The molecule has 0 fully saturated rings. The summed E-state index contributed by atoms with van der Waals surface area (Å²) in [5.74, 6) is -0.0712. The quantitative estimate of drug-likeness (QED) is 0.0488. The van der Waals surface area contributed by atoms with Crippen molar-refractivity contribution in [2.45, 2.75) is 297 Å². The van der Waals surface area contributed by atoms with Crippen LogP contribution in [-0.4, -0.2) is 59.4 Å². The van der Waals surface area contributed by atoms with Crippen LogP contribution in [-0.2, 0) is 19.1 Å². The molecule has 0 aliphatic carbocycles. The number of hydrogen-bond donors (Lipinski definition) is 1. The van der Waals surface area contributed by atoms with Crippen LogP contribution in [0.4, 0.5) is 0 Å². The van der Waals surface area contributed by atoms with Crippen molar-refractivity contribution in [1.82, 2.24) is 4.90 Å². The predicted molar refractivity (Wildman–Crippen MR) is 246 cm³/mol. The van der Waals surface area contributed by atoms with Crippen LogP contribution >= 0.6 is 0 Å². The molecule has 0 amide bonds. The summed E-state index contributed by atoms with van der Waals surface area (Å²) in [6, 6.07) is 1.08. The number of ether oxygens (including phenoxy) is 2. The summed E-state index contributed by atoms with van der Waals surface area (Å²) in [5.41, 5.74) is -0.608. The first kappa shape index (κ1) is 55.9. The SMILES string of the molecule is CCCCCCCCCCCCCC(=O)OCCCCCCC(O)(CCCCCCOC(=O)CCCCCCCCCCCCC)CCCCN(C(C)C)C(C)C. The third-order valence-electron chi connectivity index (χ3n) is 12.2. The van der Waals surface area contributed by atoms with E-state index in [1.165, 1.54) is 116 Å². The van der Waals surface area contributed by atoms with E-state index in [2.05, 4.69) is 46.4 Å². The average molecular weight is 808 g/mol. The highest BCUT2D eigenvalue weighted by Crippen LogP contribution is 2.29. The fourth-order valence-electron chi connectivity index (χ4n) is 8.44. The first-order chi connectivity index (χ1) is 27.6. The number of carbonyl (C=O) groups is 2. The van der Waals surface area contributed by atoms with E-state index in [-0.39, 0.29) is 11.9 Å². The van der Waals surface area contributed by atoms with Crippen molar-refractivity contribution >= 4 is 11.9 Å². The van der Waals surface area contributed by atoms with Gasteiger partial charge in [0.15, 0.2) is 0 Å². The van der Waals surface area contributed by atoms with Crippen molar-refractivity contribution < 1.29 is 24.2 Å². The Morgan fingerprint density at radius 2 is 0.702 bits per heavy atom. The number of rotatable bonds is 45. The lowest BCUT2D eigenvalue weighted by molar-refractivity contribution is -0.144. The lowest BCUT2D eigenvalue weighted by atomic mass is 9.85. The van der Waals surface area contributed by atoms with E-state index in [1.54, 1.807) is 0 Å². The number of unbranched alkanes of at least 4 members (excludes halogenated alkanes) is 27. The number of nitrogens with zero attached hydrogens (tertiary/aromatic N) is 1. The van der Waals surface area contributed by atoms with Gasteiger partial charge in [0.25, 0.3) is 0 Å². The standard InChI is InChI=1S/C51H101NO5/c1-7-9-11-13-15-17-19-21-23-25-31-39-49(53)56-45-37-29-27-33-41-51(55,43-35-36-44-52(47(3)4)48(5)6)42-34-28-30-38-46-57-50(54)40-32-26-24-22-20-18-16-14-12-10-8-2/h47-48,55H,7-46H2,1-6H3. The molecule has 6 heteroatoms. The summed E-state index contributed by atoms with van der Waals surface area (Å²) in [6.07, 6.45) is 42.2. The molecule has 0 saturated heterocycles. The predicted octanol–water partition coefficient (Wildman–Crippen LogP) is 15.4. The minimum atomic E-state index is -0.608. The molecule has 0 aromatic carbocycles. The van der Waals surface area contributed by atoms with Gasteiger partial charge in [-0.05, 0) is 92.0 Å². The van der Waals surface area contributed by atoms with Crippen molar-refractivity contribution in [2.24, 2.45) is 0 Å². The van der Waals surface area contributed by atoms with Gasteiger partial charge in [0.2, 0.25) is 0 Å². The molecule has 0 rings (SSSR count). The molecule has 0 unspecified atom stereocenters. The number of aliphatic hydroxyl groups is 1. The van der Waals surface area contributed by atoms with E-state index in [0.29, 0.717) is 38.1 Å². The zero-order valence-corrected chi connectivity index (χ0v) is 39.5. The molecule has 57 heavy (non-hydrogen) atoms. The van der Waals surface area contributed by atoms with Gasteiger partial charge in [-0.1, -0.05) is 181 Å². The highest BCUT2D eigenvalue weighted by Gasteiger charge is 2.25. The maximum absolute atomic E-state index is 12.2. The van der Waals surface area contributed by atoms with Gasteiger partial charge in [-0.3, -0.25) is 14.5 Å². The second-order valence-electron chi connectivity index (χ2n) is 18.4. The molecule has 0 spiro atoms. The molecule has 0 aromatic heterocycles. The second kappa shape index (κ2) is 41.6. The summed E-state index contributed by atoms with van der Waals surface area (Å²) in [6.45, 7) is 15.8. The van der Waals surface area contributed by atoms with Gasteiger partial charge in [0.05, 0.1) is 18.8 Å². The van der Waals surface area contributed by atoms with Crippen LogP contribution in [0.25, 0.3) is 0 Å². The summed E-state index contributed by atoms with van der Waals surface area (Å²) in [5, 5.41) is 11.8. The average Bonchev–Trinajstić information content (AvgIpc) is 3.18. The van der Waals surface area contributed by atoms with E-state index in [9.17, 15) is 14.7 Å². The van der Waals surface area contributed by atoms with E-state index < -0.39 is 5.60 Å². The summed E-state index contributed by atoms with van der Waals surface area (Å²) < 4.78 is 11.1. The molecule has 6 nitrogen and oxygen atoms in total. The Balaban J connectivity index is 4.21. The zero-order chi connectivity index (χ0) is 42.1. The summed E-state index contributed by atoms with van der Waals surface area (Å²) in [4.78, 5) is 27.0. The highest BCUT2D eigenvalue weighted by molar-refractivity contribution is 5.69. The highest BCUT2D eigenvalue weighted by atomic mass is 16.5. The van der Waals surface area contributed by atoms with Gasteiger partial charge in [0, 0.05) is 24.9 Å². The first-order valence-corrected chi connectivity index (χ1v) is 25.4. The van der Waals surface area contributed by atoms with Crippen molar-refractivity contribution in [3.05, 3.63) is 0 Å². The maximum atomic E-state index is 12.2. The Bertz CT molecular complexity index is 801. The van der Waals surface area contributed by atoms with Crippen LogP contribution in [0.3, 0.4) is 0 Å². The molecule has 0 heterocycles. The number of esters is 2. The van der Waals surface area contributed by atoms with Crippen molar-refractivity contribution in [3.8, 4) is 0 Å². The van der Waals surface area contributed by atoms with Crippen LogP contribution in [0, 0.1) is 0 Å². The van der Waals surface area contributed by atoms with Crippen LogP contribution in [0.5, 0.6) is 0 Å². The van der Waals surface area contributed by atoms with E-state index in [4.69, 9.17) is 9.47 Å². The molecule has 0 radical (unpaired) electrons. The Kier molecular flexibility index (Phi) is 40.8. The Hall–Kier alpha value is -1.14. The van der Waals surface area contributed by atoms with E-state index >= 15 is 0 Å². The molecule has 0 saturated carbocycles. The number of carbonyl (C=O) groups excluding carboxylic acids is 2. The number of hydrogen-bond acceptors (Lipinski definition) is 6.